The number of methoxy groups -OCH3 is 1. The van der Waals surface area contributed by atoms with E-state index in [9.17, 15) is 28.4 Å². The van der Waals surface area contributed by atoms with Crippen molar-refractivity contribution in [2.75, 3.05) is 46.7 Å². The SMILES string of the molecule is COC1[C@H](C)O[C@H](COP(=O)(O)OC[C@H]2OCCC2OP(=O)(O)OCCCCCCN)[C@@H]1OP(=O)(O)OCC(C)C. The Hall–Kier alpha value is 0.170. The third-order valence-corrected chi connectivity index (χ3v) is 9.20. The molecule has 0 aromatic carbocycles. The predicted molar refractivity (Wildman–Crippen MR) is 145 cm³/mol. The number of rotatable bonds is 21. The highest BCUT2D eigenvalue weighted by atomic mass is 31.2. The standard InChI is InChI=1S/C22H46NO15P3/c1-16(2)13-33-41(28,29)38-22-20(36-17(3)21(22)30-4)15-35-39(24,25)34-14-19-18(9-12-31-19)37-40(26,27)32-11-8-6-5-7-10-23/h16-22H,5-15,23H2,1-4H3,(H,24,25)(H,26,27)(H,28,29)/t17-,18?,19+,20+,21?,22-/m0/s1. The van der Waals surface area contributed by atoms with E-state index >= 15 is 0 Å². The molecule has 16 nitrogen and oxygen atoms in total. The highest BCUT2D eigenvalue weighted by Gasteiger charge is 2.48. The third-order valence-electron chi connectivity index (χ3n) is 6.21. The van der Waals surface area contributed by atoms with Crippen molar-refractivity contribution in [2.45, 2.75) is 89.5 Å². The first-order chi connectivity index (χ1) is 19.2. The van der Waals surface area contributed by atoms with E-state index in [4.69, 9.17) is 47.1 Å². The maximum Gasteiger partial charge on any atom is 0.472 e. The summed E-state index contributed by atoms with van der Waals surface area (Å²) in [7, 11) is -12.2. The molecule has 0 radical (unpaired) electrons. The van der Waals surface area contributed by atoms with E-state index in [-0.39, 0.29) is 32.2 Å². The molecule has 5 unspecified atom stereocenters. The van der Waals surface area contributed by atoms with Gasteiger partial charge in [-0.15, -0.1) is 0 Å². The summed E-state index contributed by atoms with van der Waals surface area (Å²) in [5.74, 6) is -0.0325. The lowest BCUT2D eigenvalue weighted by Gasteiger charge is -2.25. The molecule has 41 heavy (non-hydrogen) atoms. The summed E-state index contributed by atoms with van der Waals surface area (Å²) in [6, 6.07) is 0. The van der Waals surface area contributed by atoms with E-state index < -0.39 is 73.3 Å². The maximum absolute atomic E-state index is 12.6. The second kappa shape index (κ2) is 17.6. The van der Waals surface area contributed by atoms with Crippen molar-refractivity contribution >= 4 is 23.5 Å². The highest BCUT2D eigenvalue weighted by Crippen LogP contribution is 2.50. The first-order valence-corrected chi connectivity index (χ1v) is 18.1. The molecule has 2 aliphatic heterocycles. The van der Waals surface area contributed by atoms with Gasteiger partial charge in [0.1, 0.15) is 30.5 Å². The summed E-state index contributed by atoms with van der Waals surface area (Å²) in [6.07, 6.45) is -2.16. The summed E-state index contributed by atoms with van der Waals surface area (Å²) in [5, 5.41) is 0. The lowest BCUT2D eigenvalue weighted by Crippen LogP contribution is -2.37. The molecule has 2 saturated heterocycles. The first kappa shape index (κ1) is 37.4. The lowest BCUT2D eigenvalue weighted by atomic mass is 10.1. The predicted octanol–water partition coefficient (Wildman–Crippen LogP) is 2.89. The van der Waals surface area contributed by atoms with Gasteiger partial charge in [0, 0.05) is 20.1 Å². The van der Waals surface area contributed by atoms with E-state index in [1.165, 1.54) is 7.11 Å². The Balaban J connectivity index is 1.86. The second-order valence-corrected chi connectivity index (χ2v) is 14.5. The summed E-state index contributed by atoms with van der Waals surface area (Å²) < 4.78 is 84.4. The highest BCUT2D eigenvalue weighted by molar-refractivity contribution is 7.48. The Bertz CT molecular complexity index is 911. The van der Waals surface area contributed by atoms with Gasteiger partial charge < -0.3 is 34.6 Å². The van der Waals surface area contributed by atoms with Crippen LogP contribution < -0.4 is 5.73 Å². The maximum atomic E-state index is 12.6. The fourth-order valence-corrected chi connectivity index (χ4v) is 7.04. The van der Waals surface area contributed by atoms with Crippen LogP contribution in [0.25, 0.3) is 0 Å². The van der Waals surface area contributed by atoms with Gasteiger partial charge >= 0.3 is 23.5 Å². The van der Waals surface area contributed by atoms with Crippen molar-refractivity contribution in [1.29, 1.82) is 0 Å². The number of unbranched alkanes of at least 4 members (excludes halogenated alkanes) is 3. The van der Waals surface area contributed by atoms with Crippen LogP contribution in [0.5, 0.6) is 0 Å². The van der Waals surface area contributed by atoms with E-state index in [0.29, 0.717) is 13.0 Å². The average Bonchev–Trinajstić information content (AvgIpc) is 3.44. The molecular formula is C22H46NO15P3. The van der Waals surface area contributed by atoms with Crippen LogP contribution in [0.4, 0.5) is 0 Å². The number of hydrogen-bond donors (Lipinski definition) is 4. The van der Waals surface area contributed by atoms with Gasteiger partial charge in [0.2, 0.25) is 0 Å². The zero-order valence-corrected chi connectivity index (χ0v) is 26.7. The van der Waals surface area contributed by atoms with Gasteiger partial charge in [-0.1, -0.05) is 26.7 Å². The summed E-state index contributed by atoms with van der Waals surface area (Å²) in [5.41, 5.74) is 5.44. The van der Waals surface area contributed by atoms with Crippen LogP contribution in [0, 0.1) is 5.92 Å². The number of phosphoric ester groups is 3. The van der Waals surface area contributed by atoms with Gasteiger partial charge in [-0.2, -0.15) is 0 Å². The first-order valence-electron chi connectivity index (χ1n) is 13.6. The van der Waals surface area contributed by atoms with Crippen LogP contribution in [-0.2, 0) is 55.0 Å². The molecule has 0 amide bonds. The zero-order chi connectivity index (χ0) is 30.7. The summed E-state index contributed by atoms with van der Waals surface area (Å²) in [6.45, 7) is 4.93. The molecule has 2 fully saturated rings. The Morgan fingerprint density at radius 2 is 1.49 bits per heavy atom. The molecule has 0 aromatic rings. The second-order valence-electron chi connectivity index (χ2n) is 10.2. The van der Waals surface area contributed by atoms with Crippen molar-refractivity contribution in [3.8, 4) is 0 Å². The summed E-state index contributed by atoms with van der Waals surface area (Å²) in [4.78, 5) is 30.4. The van der Waals surface area contributed by atoms with E-state index in [2.05, 4.69) is 0 Å². The van der Waals surface area contributed by atoms with Gasteiger partial charge in [0.25, 0.3) is 0 Å². The number of hydrogen-bond acceptors (Lipinski definition) is 13. The van der Waals surface area contributed by atoms with Crippen LogP contribution >= 0.6 is 23.5 Å². The van der Waals surface area contributed by atoms with Crippen LogP contribution in [0.2, 0.25) is 0 Å². The van der Waals surface area contributed by atoms with Gasteiger partial charge in [-0.25, -0.2) is 13.7 Å². The van der Waals surface area contributed by atoms with Crippen molar-refractivity contribution < 1.29 is 69.7 Å². The fraction of sp³-hybridized carbons (Fsp3) is 1.00. The fourth-order valence-electron chi connectivity index (χ4n) is 4.18. The Morgan fingerprint density at radius 3 is 2.12 bits per heavy atom. The van der Waals surface area contributed by atoms with Gasteiger partial charge in [-0.3, -0.25) is 27.1 Å². The largest absolute Gasteiger partial charge is 0.472 e. The molecule has 244 valence electrons. The van der Waals surface area contributed by atoms with Crippen LogP contribution in [0.15, 0.2) is 0 Å². The van der Waals surface area contributed by atoms with Crippen molar-refractivity contribution in [2.24, 2.45) is 11.7 Å². The zero-order valence-electron chi connectivity index (χ0n) is 24.0. The van der Waals surface area contributed by atoms with Gasteiger partial charge in [-0.05, 0) is 32.2 Å². The molecule has 0 spiro atoms. The van der Waals surface area contributed by atoms with Crippen LogP contribution in [-0.4, -0.2) is 98.0 Å². The topological polar surface area (TPSA) is 221 Å². The van der Waals surface area contributed by atoms with Crippen LogP contribution in [0.1, 0.15) is 52.9 Å². The molecule has 0 aromatic heterocycles. The molecule has 0 aliphatic carbocycles. The average molecular weight is 658 g/mol. The van der Waals surface area contributed by atoms with E-state index in [0.717, 1.165) is 19.3 Å². The van der Waals surface area contributed by atoms with Gasteiger partial charge in [0.05, 0.1) is 32.5 Å². The molecule has 0 bridgehead atoms. The Kier molecular flexibility index (Phi) is 16.0. The smallest absolute Gasteiger partial charge is 0.376 e. The van der Waals surface area contributed by atoms with Crippen molar-refractivity contribution in [3.05, 3.63) is 0 Å². The number of ether oxygens (including phenoxy) is 3. The summed E-state index contributed by atoms with van der Waals surface area (Å²) >= 11 is 0. The van der Waals surface area contributed by atoms with E-state index in [1.54, 1.807) is 20.8 Å². The third kappa shape index (κ3) is 13.8. The molecule has 9 atom stereocenters. The van der Waals surface area contributed by atoms with Crippen LogP contribution in [0.3, 0.4) is 0 Å². The minimum absolute atomic E-state index is 0.0266. The molecule has 2 aliphatic rings. The molecule has 0 saturated carbocycles. The minimum Gasteiger partial charge on any atom is -0.376 e. The lowest BCUT2D eigenvalue weighted by molar-refractivity contribution is -0.0297. The molecule has 2 rings (SSSR count). The minimum atomic E-state index is -4.70. The monoisotopic (exact) mass is 657 g/mol. The molecule has 19 heteroatoms. The van der Waals surface area contributed by atoms with E-state index in [1.807, 2.05) is 0 Å². The normalized spacial score (nSPS) is 31.2. The Labute approximate surface area is 241 Å². The van der Waals surface area contributed by atoms with Crippen molar-refractivity contribution in [3.63, 3.8) is 0 Å². The van der Waals surface area contributed by atoms with Gasteiger partial charge in [0.15, 0.2) is 0 Å². The Morgan fingerprint density at radius 1 is 0.854 bits per heavy atom. The molecule has 2 heterocycles. The van der Waals surface area contributed by atoms with Crippen molar-refractivity contribution in [1.82, 2.24) is 0 Å². The molecule has 5 N–H and O–H groups in total. The number of nitrogens with two attached hydrogens (primary N) is 1. The molecular weight excluding hydrogens is 611 g/mol. The quantitative estimate of drug-likeness (QED) is 0.103. The number of phosphoric acid groups is 3.